The van der Waals surface area contributed by atoms with Crippen LogP contribution in [-0.4, -0.2) is 69.0 Å². The highest BCUT2D eigenvalue weighted by Crippen LogP contribution is 1.99. The van der Waals surface area contributed by atoms with E-state index in [1.54, 1.807) is 13.8 Å². The van der Waals surface area contributed by atoms with E-state index in [4.69, 9.17) is 30.3 Å². The SMILES string of the molecule is CC(O)C(C)OCC(O)CO.O=C(O)CCCCC(=O)O. The van der Waals surface area contributed by atoms with Crippen molar-refractivity contribution in [1.82, 2.24) is 0 Å². The number of hydrogen-bond acceptors (Lipinski definition) is 6. The van der Waals surface area contributed by atoms with Crippen LogP contribution in [0.5, 0.6) is 0 Å². The van der Waals surface area contributed by atoms with Crippen LogP contribution >= 0.6 is 0 Å². The Labute approximate surface area is 124 Å². The van der Waals surface area contributed by atoms with Crippen molar-refractivity contribution in [3.05, 3.63) is 0 Å². The molecule has 0 saturated heterocycles. The Bertz CT molecular complexity index is 263. The van der Waals surface area contributed by atoms with Crippen molar-refractivity contribution in [2.24, 2.45) is 0 Å². The standard InChI is InChI=1S/C7H16O4.C6H10O4/c1-5(9)6(2)11-4-7(10)3-8;7-5(8)3-1-2-4-6(9)10/h5-10H,3-4H2,1-2H3;1-4H2,(H,7,8)(H,9,10). The van der Waals surface area contributed by atoms with Crippen LogP contribution in [0.4, 0.5) is 0 Å². The van der Waals surface area contributed by atoms with E-state index in [0.29, 0.717) is 12.8 Å². The molecule has 0 rings (SSSR count). The molecule has 8 nitrogen and oxygen atoms in total. The molecule has 0 radical (unpaired) electrons. The molecule has 0 aromatic rings. The number of aliphatic hydroxyl groups excluding tert-OH is 3. The van der Waals surface area contributed by atoms with Gasteiger partial charge in [0.2, 0.25) is 0 Å². The second-order valence-electron chi connectivity index (χ2n) is 4.61. The number of ether oxygens (including phenoxy) is 1. The van der Waals surface area contributed by atoms with Crippen LogP contribution in [0.3, 0.4) is 0 Å². The minimum Gasteiger partial charge on any atom is -0.481 e. The molecule has 0 spiro atoms. The predicted octanol–water partition coefficient (Wildman–Crippen LogP) is -0.158. The lowest BCUT2D eigenvalue weighted by Crippen LogP contribution is -2.28. The molecule has 3 atom stereocenters. The molecule has 126 valence electrons. The molecule has 0 saturated carbocycles. The average Bonchev–Trinajstić information content (AvgIpc) is 2.40. The van der Waals surface area contributed by atoms with Gasteiger partial charge in [-0.1, -0.05) is 0 Å². The number of unbranched alkanes of at least 4 members (excludes halogenated alkanes) is 1. The Hall–Kier alpha value is -1.22. The van der Waals surface area contributed by atoms with Gasteiger partial charge in [0.05, 0.1) is 25.4 Å². The van der Waals surface area contributed by atoms with Gasteiger partial charge in [-0.05, 0) is 26.7 Å². The number of rotatable bonds is 10. The summed E-state index contributed by atoms with van der Waals surface area (Å²) >= 11 is 0. The van der Waals surface area contributed by atoms with Crippen molar-refractivity contribution in [2.75, 3.05) is 13.2 Å². The summed E-state index contributed by atoms with van der Waals surface area (Å²) in [7, 11) is 0. The van der Waals surface area contributed by atoms with Crippen molar-refractivity contribution in [2.45, 2.75) is 57.8 Å². The van der Waals surface area contributed by atoms with Crippen LogP contribution < -0.4 is 0 Å². The lowest BCUT2D eigenvalue weighted by atomic mass is 10.2. The molecule has 3 unspecified atom stereocenters. The Balaban J connectivity index is 0. The van der Waals surface area contributed by atoms with Crippen LogP contribution in [0.1, 0.15) is 39.5 Å². The Morgan fingerprint density at radius 1 is 1.00 bits per heavy atom. The van der Waals surface area contributed by atoms with E-state index in [0.717, 1.165) is 0 Å². The van der Waals surface area contributed by atoms with Gasteiger partial charge in [-0.2, -0.15) is 0 Å². The molecule has 0 aromatic carbocycles. The smallest absolute Gasteiger partial charge is 0.303 e. The Morgan fingerprint density at radius 3 is 1.71 bits per heavy atom. The quantitative estimate of drug-likeness (QED) is 0.350. The van der Waals surface area contributed by atoms with E-state index in [9.17, 15) is 9.59 Å². The molecular weight excluding hydrogens is 284 g/mol. The van der Waals surface area contributed by atoms with E-state index in [-0.39, 0.29) is 32.2 Å². The molecule has 8 heteroatoms. The molecule has 21 heavy (non-hydrogen) atoms. The number of aliphatic hydroxyl groups is 3. The number of carbonyl (C=O) groups is 2. The second kappa shape index (κ2) is 13.7. The maximum Gasteiger partial charge on any atom is 0.303 e. The van der Waals surface area contributed by atoms with Gasteiger partial charge in [0.25, 0.3) is 0 Å². The molecule has 0 aliphatic rings. The molecule has 0 aromatic heterocycles. The van der Waals surface area contributed by atoms with E-state index >= 15 is 0 Å². The lowest BCUT2D eigenvalue weighted by molar-refractivity contribution is -0.139. The minimum absolute atomic E-state index is 0.0581. The zero-order chi connectivity index (χ0) is 16.8. The highest BCUT2D eigenvalue weighted by Gasteiger charge is 2.10. The van der Waals surface area contributed by atoms with Crippen LogP contribution in [-0.2, 0) is 14.3 Å². The van der Waals surface area contributed by atoms with Crippen molar-refractivity contribution in [1.29, 1.82) is 0 Å². The highest BCUT2D eigenvalue weighted by atomic mass is 16.5. The van der Waals surface area contributed by atoms with Gasteiger partial charge in [-0.15, -0.1) is 0 Å². The molecular formula is C13H26O8. The first-order chi connectivity index (χ1) is 9.70. The fourth-order valence-corrected chi connectivity index (χ4v) is 1.01. The maximum absolute atomic E-state index is 9.90. The molecule has 0 aliphatic carbocycles. The van der Waals surface area contributed by atoms with Gasteiger partial charge in [0, 0.05) is 12.8 Å². The van der Waals surface area contributed by atoms with Crippen molar-refractivity contribution in [3.63, 3.8) is 0 Å². The highest BCUT2D eigenvalue weighted by molar-refractivity contribution is 5.67. The average molecular weight is 310 g/mol. The molecule has 5 N–H and O–H groups in total. The van der Waals surface area contributed by atoms with Crippen molar-refractivity contribution >= 4 is 11.9 Å². The van der Waals surface area contributed by atoms with Gasteiger partial charge in [-0.25, -0.2) is 0 Å². The van der Waals surface area contributed by atoms with E-state index in [1.165, 1.54) is 0 Å². The summed E-state index contributed by atoms with van der Waals surface area (Å²) in [5.74, 6) is -1.74. The minimum atomic E-state index is -0.870. The second-order valence-corrected chi connectivity index (χ2v) is 4.61. The molecule has 0 amide bonds. The molecule has 0 aliphatic heterocycles. The fraction of sp³-hybridized carbons (Fsp3) is 0.846. The summed E-state index contributed by atoms with van der Waals surface area (Å²) in [4.78, 5) is 19.8. The van der Waals surface area contributed by atoms with Crippen molar-refractivity contribution in [3.8, 4) is 0 Å². The van der Waals surface area contributed by atoms with Crippen LogP contribution in [0.15, 0.2) is 0 Å². The van der Waals surface area contributed by atoms with Gasteiger partial charge < -0.3 is 30.3 Å². The summed E-state index contributed by atoms with van der Waals surface area (Å²) < 4.78 is 5.00. The zero-order valence-electron chi connectivity index (χ0n) is 12.4. The largest absolute Gasteiger partial charge is 0.481 e. The predicted molar refractivity (Wildman–Crippen MR) is 73.9 cm³/mol. The summed E-state index contributed by atoms with van der Waals surface area (Å²) in [5, 5.41) is 42.4. The molecule has 0 fully saturated rings. The van der Waals surface area contributed by atoms with Gasteiger partial charge in [0.1, 0.15) is 6.10 Å². The first kappa shape index (κ1) is 22.1. The molecule has 0 bridgehead atoms. The maximum atomic E-state index is 9.90. The van der Waals surface area contributed by atoms with Gasteiger partial charge >= 0.3 is 11.9 Å². The topological polar surface area (TPSA) is 145 Å². The third-order valence-electron chi connectivity index (χ3n) is 2.47. The lowest BCUT2D eigenvalue weighted by Gasteiger charge is -2.17. The summed E-state index contributed by atoms with van der Waals surface area (Å²) in [5.41, 5.74) is 0. The first-order valence-corrected chi connectivity index (χ1v) is 6.72. The van der Waals surface area contributed by atoms with E-state index in [1.807, 2.05) is 0 Å². The number of carboxylic acids is 2. The summed E-state index contributed by atoms with van der Waals surface area (Å²) in [6.45, 7) is 3.06. The van der Waals surface area contributed by atoms with Crippen LogP contribution in [0.25, 0.3) is 0 Å². The number of aliphatic carboxylic acids is 2. The summed E-state index contributed by atoms with van der Waals surface area (Å²) in [6, 6.07) is 0. The van der Waals surface area contributed by atoms with Gasteiger partial charge in [-0.3, -0.25) is 9.59 Å². The van der Waals surface area contributed by atoms with Crippen molar-refractivity contribution < 1.29 is 39.9 Å². The number of hydrogen-bond donors (Lipinski definition) is 5. The normalized spacial score (nSPS) is 14.5. The zero-order valence-corrected chi connectivity index (χ0v) is 12.4. The Kier molecular flexibility index (Phi) is 14.4. The molecule has 0 heterocycles. The van der Waals surface area contributed by atoms with Crippen LogP contribution in [0.2, 0.25) is 0 Å². The number of carboxylic acid groups (broad SMARTS) is 2. The Morgan fingerprint density at radius 2 is 1.43 bits per heavy atom. The summed E-state index contributed by atoms with van der Waals surface area (Å²) in [6.07, 6.45) is -0.697. The first-order valence-electron chi connectivity index (χ1n) is 6.72. The van der Waals surface area contributed by atoms with E-state index < -0.39 is 24.1 Å². The van der Waals surface area contributed by atoms with E-state index in [2.05, 4.69) is 0 Å². The third-order valence-corrected chi connectivity index (χ3v) is 2.47. The van der Waals surface area contributed by atoms with Crippen LogP contribution in [0, 0.1) is 0 Å². The van der Waals surface area contributed by atoms with Gasteiger partial charge in [0.15, 0.2) is 0 Å². The monoisotopic (exact) mass is 310 g/mol. The third kappa shape index (κ3) is 18.8. The fourth-order valence-electron chi connectivity index (χ4n) is 1.01.